The normalized spacial score (nSPS) is 12.9. The first-order valence-electron chi connectivity index (χ1n) is 8.01. The molecule has 0 spiro atoms. The minimum atomic E-state index is -4.65. The zero-order valence-corrected chi connectivity index (χ0v) is 14.3. The second kappa shape index (κ2) is 8.31. The average Bonchev–Trinajstić information content (AvgIpc) is 2.57. The van der Waals surface area contributed by atoms with E-state index in [2.05, 4.69) is 20.6 Å². The second-order valence-corrected chi connectivity index (χ2v) is 6.12. The van der Waals surface area contributed by atoms with Gasteiger partial charge in [0.1, 0.15) is 11.6 Å². The average molecular weight is 372 g/mol. The highest BCUT2D eigenvalue weighted by Crippen LogP contribution is 2.30. The predicted molar refractivity (Wildman–Crippen MR) is 90.1 cm³/mol. The zero-order valence-electron chi connectivity index (χ0n) is 14.3. The van der Waals surface area contributed by atoms with Gasteiger partial charge in [-0.25, -0.2) is 9.37 Å². The summed E-state index contributed by atoms with van der Waals surface area (Å²) < 4.78 is 52.5. The minimum Gasteiger partial charge on any atom is -0.394 e. The van der Waals surface area contributed by atoms with Gasteiger partial charge in [0.15, 0.2) is 5.69 Å². The van der Waals surface area contributed by atoms with Crippen molar-refractivity contribution >= 4 is 11.8 Å². The SMILES string of the molecule is CC(C)[C@@H](CO)Nc1nc(NCc2cccc(F)c2)cc(C(F)(F)F)n1. The van der Waals surface area contributed by atoms with Gasteiger partial charge in [0.2, 0.25) is 5.95 Å². The van der Waals surface area contributed by atoms with Crippen molar-refractivity contribution in [2.75, 3.05) is 17.2 Å². The third-order valence-electron chi connectivity index (χ3n) is 3.70. The summed E-state index contributed by atoms with van der Waals surface area (Å²) in [5, 5.41) is 14.8. The summed E-state index contributed by atoms with van der Waals surface area (Å²) >= 11 is 0. The number of anilines is 2. The number of hydrogen-bond donors (Lipinski definition) is 3. The van der Waals surface area contributed by atoms with Gasteiger partial charge in [-0.2, -0.15) is 18.2 Å². The van der Waals surface area contributed by atoms with Crippen molar-refractivity contribution in [2.45, 2.75) is 32.6 Å². The van der Waals surface area contributed by atoms with Gasteiger partial charge in [-0.1, -0.05) is 26.0 Å². The van der Waals surface area contributed by atoms with E-state index in [0.29, 0.717) is 5.56 Å². The Balaban J connectivity index is 2.25. The highest BCUT2D eigenvalue weighted by Gasteiger charge is 2.34. The first-order chi connectivity index (χ1) is 12.2. The fraction of sp³-hybridized carbons (Fsp3) is 0.412. The lowest BCUT2D eigenvalue weighted by Crippen LogP contribution is -2.30. The van der Waals surface area contributed by atoms with Crippen molar-refractivity contribution in [3.63, 3.8) is 0 Å². The topological polar surface area (TPSA) is 70.1 Å². The van der Waals surface area contributed by atoms with E-state index in [-0.39, 0.29) is 30.8 Å². The van der Waals surface area contributed by atoms with Crippen molar-refractivity contribution in [3.05, 3.63) is 47.4 Å². The third-order valence-corrected chi connectivity index (χ3v) is 3.70. The summed E-state index contributed by atoms with van der Waals surface area (Å²) in [6, 6.07) is 6.00. The molecule has 3 N–H and O–H groups in total. The summed E-state index contributed by atoms with van der Waals surface area (Å²) in [5.41, 5.74) is -0.556. The number of halogens is 4. The Labute approximate surface area is 148 Å². The third kappa shape index (κ3) is 5.55. The molecular formula is C17H20F4N4O. The van der Waals surface area contributed by atoms with Crippen LogP contribution in [0.25, 0.3) is 0 Å². The van der Waals surface area contributed by atoms with Crippen molar-refractivity contribution in [1.29, 1.82) is 0 Å². The molecule has 1 atom stereocenters. The van der Waals surface area contributed by atoms with Crippen LogP contribution in [0.4, 0.5) is 29.3 Å². The molecule has 1 aromatic heterocycles. The van der Waals surface area contributed by atoms with E-state index in [1.807, 2.05) is 13.8 Å². The highest BCUT2D eigenvalue weighted by atomic mass is 19.4. The monoisotopic (exact) mass is 372 g/mol. The predicted octanol–water partition coefficient (Wildman–Crippen LogP) is 3.68. The molecule has 1 heterocycles. The quantitative estimate of drug-likeness (QED) is 0.647. The van der Waals surface area contributed by atoms with Crippen LogP contribution in [0.3, 0.4) is 0 Å². The van der Waals surface area contributed by atoms with E-state index in [9.17, 15) is 22.7 Å². The molecule has 2 rings (SSSR count). The Morgan fingerprint density at radius 3 is 2.46 bits per heavy atom. The van der Waals surface area contributed by atoms with Crippen LogP contribution in [0.15, 0.2) is 30.3 Å². The number of rotatable bonds is 7. The number of aromatic nitrogens is 2. The van der Waals surface area contributed by atoms with E-state index >= 15 is 0 Å². The Kier molecular flexibility index (Phi) is 6.36. The molecule has 26 heavy (non-hydrogen) atoms. The molecule has 9 heteroatoms. The standard InChI is InChI=1S/C17H20F4N4O/c1-10(2)13(9-26)23-16-24-14(17(19,20)21)7-15(25-16)22-8-11-4-3-5-12(18)6-11/h3-7,10,13,26H,8-9H2,1-2H3,(H2,22,23,24,25)/t13-/m1/s1. The Morgan fingerprint density at radius 1 is 1.15 bits per heavy atom. The molecule has 0 amide bonds. The molecule has 142 valence electrons. The molecule has 5 nitrogen and oxygen atoms in total. The van der Waals surface area contributed by atoms with Crippen LogP contribution in [0.1, 0.15) is 25.1 Å². The Morgan fingerprint density at radius 2 is 1.88 bits per heavy atom. The first-order valence-corrected chi connectivity index (χ1v) is 8.01. The summed E-state index contributed by atoms with van der Waals surface area (Å²) in [7, 11) is 0. The molecule has 0 bridgehead atoms. The van der Waals surface area contributed by atoms with Gasteiger partial charge < -0.3 is 15.7 Å². The number of hydrogen-bond acceptors (Lipinski definition) is 5. The molecule has 0 unspecified atom stereocenters. The van der Waals surface area contributed by atoms with Gasteiger partial charge in [-0.15, -0.1) is 0 Å². The maximum atomic E-state index is 13.2. The van der Waals surface area contributed by atoms with Gasteiger partial charge in [0.05, 0.1) is 12.6 Å². The molecule has 0 aliphatic rings. The van der Waals surface area contributed by atoms with Crippen LogP contribution < -0.4 is 10.6 Å². The molecule has 1 aromatic carbocycles. The Hall–Kier alpha value is -2.42. The Bertz CT molecular complexity index is 737. The number of alkyl halides is 3. The molecule has 0 radical (unpaired) electrons. The summed E-state index contributed by atoms with van der Waals surface area (Å²) in [4.78, 5) is 7.50. The summed E-state index contributed by atoms with van der Waals surface area (Å²) in [5.74, 6) is -0.774. The van der Waals surface area contributed by atoms with Crippen LogP contribution in [-0.4, -0.2) is 27.7 Å². The van der Waals surface area contributed by atoms with E-state index in [4.69, 9.17) is 0 Å². The maximum absolute atomic E-state index is 13.2. The minimum absolute atomic E-state index is 0.0400. The van der Waals surface area contributed by atoms with E-state index in [1.54, 1.807) is 6.07 Å². The zero-order chi connectivity index (χ0) is 19.3. The molecule has 2 aromatic rings. The fourth-order valence-corrected chi connectivity index (χ4v) is 2.18. The van der Waals surface area contributed by atoms with Crippen LogP contribution in [0.2, 0.25) is 0 Å². The van der Waals surface area contributed by atoms with Crippen LogP contribution in [0, 0.1) is 11.7 Å². The smallest absolute Gasteiger partial charge is 0.394 e. The maximum Gasteiger partial charge on any atom is 0.433 e. The van der Waals surface area contributed by atoms with Crippen LogP contribution >= 0.6 is 0 Å². The van der Waals surface area contributed by atoms with Gasteiger partial charge >= 0.3 is 6.18 Å². The van der Waals surface area contributed by atoms with Gasteiger partial charge in [0.25, 0.3) is 0 Å². The lowest BCUT2D eigenvalue weighted by atomic mass is 10.1. The van der Waals surface area contributed by atoms with Crippen molar-refractivity contribution in [1.82, 2.24) is 9.97 Å². The van der Waals surface area contributed by atoms with E-state index < -0.39 is 23.7 Å². The number of aliphatic hydroxyl groups excluding tert-OH is 1. The van der Waals surface area contributed by atoms with Crippen LogP contribution in [0.5, 0.6) is 0 Å². The van der Waals surface area contributed by atoms with Gasteiger partial charge in [0, 0.05) is 12.6 Å². The lowest BCUT2D eigenvalue weighted by Gasteiger charge is -2.21. The second-order valence-electron chi connectivity index (χ2n) is 6.12. The molecule has 0 fully saturated rings. The fourth-order valence-electron chi connectivity index (χ4n) is 2.18. The largest absolute Gasteiger partial charge is 0.433 e. The number of nitrogens with one attached hydrogen (secondary N) is 2. The number of aliphatic hydroxyl groups is 1. The number of nitrogens with zero attached hydrogens (tertiary/aromatic N) is 2. The number of benzene rings is 1. The first kappa shape index (κ1) is 19.9. The van der Waals surface area contributed by atoms with Gasteiger partial charge in [-0.3, -0.25) is 0 Å². The summed E-state index contributed by atoms with van der Waals surface area (Å²) in [6.45, 7) is 3.44. The van der Waals surface area contributed by atoms with Crippen molar-refractivity contribution in [3.8, 4) is 0 Å². The highest BCUT2D eigenvalue weighted by molar-refractivity contribution is 5.44. The van der Waals surface area contributed by atoms with E-state index in [0.717, 1.165) is 6.07 Å². The van der Waals surface area contributed by atoms with Gasteiger partial charge in [-0.05, 0) is 23.6 Å². The molecule has 0 saturated carbocycles. The van der Waals surface area contributed by atoms with Crippen molar-refractivity contribution in [2.24, 2.45) is 5.92 Å². The summed E-state index contributed by atoms with van der Waals surface area (Å²) in [6.07, 6.45) is -4.65. The molecule has 0 saturated heterocycles. The molecule has 0 aliphatic carbocycles. The van der Waals surface area contributed by atoms with E-state index in [1.165, 1.54) is 18.2 Å². The van der Waals surface area contributed by atoms with Crippen LogP contribution in [-0.2, 0) is 12.7 Å². The molecule has 0 aliphatic heterocycles. The molecular weight excluding hydrogens is 352 g/mol. The van der Waals surface area contributed by atoms with Crippen molar-refractivity contribution < 1.29 is 22.7 Å². The lowest BCUT2D eigenvalue weighted by molar-refractivity contribution is -0.141.